The molecule has 0 radical (unpaired) electrons. The number of nitrogens with one attached hydrogen (secondary N) is 2. The van der Waals surface area contributed by atoms with Gasteiger partial charge in [-0.25, -0.2) is 0 Å². The van der Waals surface area contributed by atoms with Gasteiger partial charge in [0.05, 0.1) is 0 Å². The first-order valence-electron chi connectivity index (χ1n) is 5.29. The third kappa shape index (κ3) is 2.72. The summed E-state index contributed by atoms with van der Waals surface area (Å²) in [5.41, 5.74) is 7.71. The molecule has 0 atom stereocenters. The minimum atomic E-state index is 0.515. The Morgan fingerprint density at radius 3 is 2.73 bits per heavy atom. The lowest BCUT2D eigenvalue weighted by Crippen LogP contribution is -2.42. The van der Waals surface area contributed by atoms with E-state index in [1.807, 2.05) is 0 Å². The summed E-state index contributed by atoms with van der Waals surface area (Å²) in [6.45, 7) is 5.72. The summed E-state index contributed by atoms with van der Waals surface area (Å²) < 4.78 is 0. The van der Waals surface area contributed by atoms with Gasteiger partial charge in [0.1, 0.15) is 5.15 Å². The average Bonchev–Trinajstić information content (AvgIpc) is 2.61. The first-order valence-corrected chi connectivity index (χ1v) is 5.67. The third-order valence-electron chi connectivity index (χ3n) is 2.72. The van der Waals surface area contributed by atoms with E-state index in [0.717, 1.165) is 49.1 Å². The molecule has 2 rings (SSSR count). The minimum Gasteiger partial charge on any atom is -0.348 e. The van der Waals surface area contributed by atoms with Gasteiger partial charge in [-0.3, -0.25) is 4.90 Å². The van der Waals surface area contributed by atoms with Gasteiger partial charge < -0.3 is 16.0 Å². The second-order valence-electron chi connectivity index (χ2n) is 3.86. The van der Waals surface area contributed by atoms with Crippen molar-refractivity contribution in [3.8, 4) is 0 Å². The molecule has 5 heteroatoms. The number of H-pyrrole nitrogens is 1. The normalized spacial score (nSPS) is 18.3. The molecular weight excluding hydrogens is 212 g/mol. The Kier molecular flexibility index (Phi) is 3.64. The molecule has 1 aromatic rings. The van der Waals surface area contributed by atoms with Gasteiger partial charge in [-0.05, 0) is 6.07 Å². The van der Waals surface area contributed by atoms with E-state index in [9.17, 15) is 0 Å². The number of aromatic amines is 1. The monoisotopic (exact) mass is 228 g/mol. The summed E-state index contributed by atoms with van der Waals surface area (Å²) in [7, 11) is 0. The van der Waals surface area contributed by atoms with E-state index in [2.05, 4.69) is 21.3 Å². The highest BCUT2D eigenvalue weighted by Crippen LogP contribution is 2.18. The van der Waals surface area contributed by atoms with E-state index in [1.165, 1.54) is 0 Å². The van der Waals surface area contributed by atoms with Crippen molar-refractivity contribution in [2.24, 2.45) is 5.73 Å². The lowest BCUT2D eigenvalue weighted by molar-refractivity contribution is 0.233. The molecule has 0 unspecified atom stereocenters. The number of hydrogen-bond acceptors (Lipinski definition) is 3. The number of piperazine rings is 1. The van der Waals surface area contributed by atoms with Crippen molar-refractivity contribution in [3.63, 3.8) is 0 Å². The molecule has 0 aromatic carbocycles. The first kappa shape index (κ1) is 11.0. The maximum Gasteiger partial charge on any atom is 0.111 e. The molecular formula is C10H17ClN4. The van der Waals surface area contributed by atoms with Crippen LogP contribution in [0.25, 0.3) is 0 Å². The van der Waals surface area contributed by atoms with Crippen LogP contribution in [0.2, 0.25) is 5.15 Å². The van der Waals surface area contributed by atoms with Crippen LogP contribution < -0.4 is 11.1 Å². The van der Waals surface area contributed by atoms with Gasteiger partial charge in [-0.15, -0.1) is 0 Å². The predicted octanol–water partition coefficient (Wildman–Crippen LogP) is 0.532. The number of nitrogens with two attached hydrogens (primary N) is 1. The van der Waals surface area contributed by atoms with Crippen molar-refractivity contribution in [2.75, 3.05) is 26.2 Å². The number of hydrogen-bond donors (Lipinski definition) is 3. The van der Waals surface area contributed by atoms with E-state index in [-0.39, 0.29) is 0 Å². The van der Waals surface area contributed by atoms with Gasteiger partial charge in [-0.1, -0.05) is 11.6 Å². The predicted molar refractivity (Wildman–Crippen MR) is 61.8 cm³/mol. The highest BCUT2D eigenvalue weighted by Gasteiger charge is 2.13. The van der Waals surface area contributed by atoms with Crippen LogP contribution in [0.15, 0.2) is 6.07 Å². The number of halogens is 1. The zero-order valence-corrected chi connectivity index (χ0v) is 9.48. The maximum absolute atomic E-state index is 6.09. The standard InChI is InChI=1S/C10H17ClN4/c11-10-8(5-9(6-12)14-10)7-15-3-1-13-2-4-15/h5,13-14H,1-4,6-7,12H2. The molecule has 0 saturated carbocycles. The van der Waals surface area contributed by atoms with Crippen molar-refractivity contribution in [1.82, 2.24) is 15.2 Å². The number of rotatable bonds is 3. The van der Waals surface area contributed by atoms with Crippen LogP contribution in [0.3, 0.4) is 0 Å². The van der Waals surface area contributed by atoms with E-state index < -0.39 is 0 Å². The summed E-state index contributed by atoms with van der Waals surface area (Å²) in [6.07, 6.45) is 0. The summed E-state index contributed by atoms with van der Waals surface area (Å²) in [5, 5.41) is 4.06. The lowest BCUT2D eigenvalue weighted by Gasteiger charge is -2.26. The molecule has 0 bridgehead atoms. The van der Waals surface area contributed by atoms with Crippen LogP contribution in [0.1, 0.15) is 11.3 Å². The fourth-order valence-corrected chi connectivity index (χ4v) is 2.10. The summed E-state index contributed by atoms with van der Waals surface area (Å²) in [4.78, 5) is 5.48. The molecule has 1 aliphatic heterocycles. The van der Waals surface area contributed by atoms with E-state index in [1.54, 1.807) is 0 Å². The Morgan fingerprint density at radius 1 is 1.40 bits per heavy atom. The second kappa shape index (κ2) is 4.99. The van der Waals surface area contributed by atoms with Gasteiger partial charge >= 0.3 is 0 Å². The highest BCUT2D eigenvalue weighted by molar-refractivity contribution is 6.30. The van der Waals surface area contributed by atoms with E-state index in [0.29, 0.717) is 6.54 Å². The molecule has 4 N–H and O–H groups in total. The Balaban J connectivity index is 1.99. The molecule has 4 nitrogen and oxygen atoms in total. The van der Waals surface area contributed by atoms with Crippen molar-refractivity contribution >= 4 is 11.6 Å². The van der Waals surface area contributed by atoms with Gasteiger partial charge in [0.25, 0.3) is 0 Å². The molecule has 2 heterocycles. The summed E-state index contributed by atoms with van der Waals surface area (Å²) in [5.74, 6) is 0. The molecule has 1 aliphatic rings. The molecule has 1 fully saturated rings. The SMILES string of the molecule is NCc1cc(CN2CCNCC2)c(Cl)[nH]1. The molecule has 1 saturated heterocycles. The number of nitrogens with zero attached hydrogens (tertiary/aromatic N) is 1. The van der Waals surface area contributed by atoms with Gasteiger partial charge in [0, 0.05) is 50.5 Å². The quantitative estimate of drug-likeness (QED) is 0.708. The van der Waals surface area contributed by atoms with Crippen molar-refractivity contribution < 1.29 is 0 Å². The van der Waals surface area contributed by atoms with Crippen LogP contribution in [0, 0.1) is 0 Å². The minimum absolute atomic E-state index is 0.515. The van der Waals surface area contributed by atoms with E-state index >= 15 is 0 Å². The molecule has 1 aromatic heterocycles. The topological polar surface area (TPSA) is 57.1 Å². The summed E-state index contributed by atoms with van der Waals surface area (Å²) in [6, 6.07) is 2.06. The molecule has 15 heavy (non-hydrogen) atoms. The van der Waals surface area contributed by atoms with Crippen LogP contribution in [-0.4, -0.2) is 36.1 Å². The molecule has 84 valence electrons. The Hall–Kier alpha value is -0.550. The average molecular weight is 229 g/mol. The smallest absolute Gasteiger partial charge is 0.111 e. The van der Waals surface area contributed by atoms with Crippen LogP contribution in [-0.2, 0) is 13.1 Å². The number of aromatic nitrogens is 1. The van der Waals surface area contributed by atoms with Crippen molar-refractivity contribution in [2.45, 2.75) is 13.1 Å². The zero-order chi connectivity index (χ0) is 10.7. The third-order valence-corrected chi connectivity index (χ3v) is 3.06. The molecule has 0 aliphatic carbocycles. The van der Waals surface area contributed by atoms with Crippen LogP contribution in [0.4, 0.5) is 0 Å². The van der Waals surface area contributed by atoms with Crippen molar-refractivity contribution in [3.05, 3.63) is 22.5 Å². The Bertz CT molecular complexity index is 317. The fraction of sp³-hybridized carbons (Fsp3) is 0.600. The highest BCUT2D eigenvalue weighted by atomic mass is 35.5. The van der Waals surface area contributed by atoms with Crippen molar-refractivity contribution in [1.29, 1.82) is 0 Å². The maximum atomic E-state index is 6.09. The van der Waals surface area contributed by atoms with Gasteiger partial charge in [0.2, 0.25) is 0 Å². The summed E-state index contributed by atoms with van der Waals surface area (Å²) >= 11 is 6.09. The Morgan fingerprint density at radius 2 is 2.13 bits per heavy atom. The largest absolute Gasteiger partial charge is 0.348 e. The van der Waals surface area contributed by atoms with Crippen LogP contribution in [0.5, 0.6) is 0 Å². The Labute approximate surface area is 94.8 Å². The second-order valence-corrected chi connectivity index (χ2v) is 4.24. The first-order chi connectivity index (χ1) is 7.29. The molecule has 0 spiro atoms. The lowest BCUT2D eigenvalue weighted by atomic mass is 10.2. The van der Waals surface area contributed by atoms with Gasteiger partial charge in [-0.2, -0.15) is 0 Å². The van der Waals surface area contributed by atoms with E-state index in [4.69, 9.17) is 17.3 Å². The van der Waals surface area contributed by atoms with Gasteiger partial charge in [0.15, 0.2) is 0 Å². The van der Waals surface area contributed by atoms with Crippen LogP contribution >= 0.6 is 11.6 Å². The fourth-order valence-electron chi connectivity index (χ4n) is 1.87. The zero-order valence-electron chi connectivity index (χ0n) is 8.72. The molecule has 0 amide bonds.